The van der Waals surface area contributed by atoms with Crippen LogP contribution in [-0.2, 0) is 17.9 Å². The summed E-state index contributed by atoms with van der Waals surface area (Å²) in [6.07, 6.45) is 3.57. The highest BCUT2D eigenvalue weighted by molar-refractivity contribution is 5.78. The molecule has 5 heteroatoms. The zero-order valence-electron chi connectivity index (χ0n) is 14.2. The van der Waals surface area contributed by atoms with Crippen molar-refractivity contribution in [2.24, 2.45) is 5.92 Å². The third-order valence-corrected chi connectivity index (χ3v) is 3.76. The first kappa shape index (κ1) is 17.2. The van der Waals surface area contributed by atoms with Crippen molar-refractivity contribution in [3.05, 3.63) is 53.9 Å². The summed E-state index contributed by atoms with van der Waals surface area (Å²) in [5, 5.41) is 0. The van der Waals surface area contributed by atoms with Crippen molar-refractivity contribution in [3.8, 4) is 0 Å². The number of hydrogen-bond donors (Lipinski definition) is 0. The molecular weight excluding hydrogens is 293 g/mol. The van der Waals surface area contributed by atoms with E-state index in [0.29, 0.717) is 13.1 Å². The second kappa shape index (κ2) is 7.40. The second-order valence-electron chi connectivity index (χ2n) is 6.32. The fourth-order valence-electron chi connectivity index (χ4n) is 2.47. The number of nitrogens with zero attached hydrogens (tertiary/aromatic N) is 3. The van der Waals surface area contributed by atoms with E-state index >= 15 is 0 Å². The van der Waals surface area contributed by atoms with E-state index in [-0.39, 0.29) is 23.7 Å². The third-order valence-electron chi connectivity index (χ3n) is 3.76. The van der Waals surface area contributed by atoms with Gasteiger partial charge in [0.25, 0.3) is 0 Å². The molecule has 4 nitrogen and oxygen atoms in total. The summed E-state index contributed by atoms with van der Waals surface area (Å²) < 4.78 is 15.3. The Kier molecular flexibility index (Phi) is 5.53. The monoisotopic (exact) mass is 317 g/mol. The maximum Gasteiger partial charge on any atom is 0.225 e. The first-order chi connectivity index (χ1) is 10.9. The number of hydrogen-bond acceptors (Lipinski definition) is 2. The van der Waals surface area contributed by atoms with E-state index in [9.17, 15) is 9.18 Å². The highest BCUT2D eigenvalue weighted by atomic mass is 19.1. The Morgan fingerprint density at radius 3 is 2.65 bits per heavy atom. The Morgan fingerprint density at radius 2 is 2.04 bits per heavy atom. The van der Waals surface area contributed by atoms with Gasteiger partial charge in [-0.05, 0) is 31.5 Å². The molecule has 0 aliphatic rings. The molecule has 0 atom stereocenters. The van der Waals surface area contributed by atoms with Crippen LogP contribution in [0.1, 0.15) is 39.1 Å². The van der Waals surface area contributed by atoms with Gasteiger partial charge in [0.2, 0.25) is 5.91 Å². The van der Waals surface area contributed by atoms with Crippen molar-refractivity contribution in [1.82, 2.24) is 14.5 Å². The van der Waals surface area contributed by atoms with Crippen LogP contribution in [0.15, 0.2) is 36.7 Å². The third kappa shape index (κ3) is 4.41. The van der Waals surface area contributed by atoms with E-state index in [0.717, 1.165) is 11.4 Å². The number of aromatic nitrogens is 2. The zero-order valence-corrected chi connectivity index (χ0v) is 14.2. The number of halogens is 1. The molecule has 0 spiro atoms. The van der Waals surface area contributed by atoms with E-state index in [2.05, 4.69) is 4.98 Å². The SMILES string of the molecule is CC(C)C(=O)N(Cc1nccn1Cc1cccc(F)c1)C(C)C. The van der Waals surface area contributed by atoms with Gasteiger partial charge in [0.05, 0.1) is 6.54 Å². The number of rotatable bonds is 6. The standard InChI is InChI=1S/C18H24FN3O/c1-13(2)18(23)22(14(3)4)12-17-20-8-9-21(17)11-15-6-5-7-16(19)10-15/h5-10,13-14H,11-12H2,1-4H3. The lowest BCUT2D eigenvalue weighted by molar-refractivity contribution is -0.137. The summed E-state index contributed by atoms with van der Waals surface area (Å²) in [6.45, 7) is 8.79. The van der Waals surface area contributed by atoms with E-state index < -0.39 is 0 Å². The first-order valence-electron chi connectivity index (χ1n) is 7.93. The van der Waals surface area contributed by atoms with E-state index in [1.165, 1.54) is 12.1 Å². The van der Waals surface area contributed by atoms with Crippen LogP contribution in [0.2, 0.25) is 0 Å². The van der Waals surface area contributed by atoms with Crippen molar-refractivity contribution >= 4 is 5.91 Å². The number of carbonyl (C=O) groups excluding carboxylic acids is 1. The highest BCUT2D eigenvalue weighted by Crippen LogP contribution is 2.13. The molecule has 0 N–H and O–H groups in total. The minimum atomic E-state index is -0.247. The summed E-state index contributed by atoms with van der Waals surface area (Å²) in [7, 11) is 0. The predicted octanol–water partition coefficient (Wildman–Crippen LogP) is 3.46. The molecule has 0 saturated heterocycles. The van der Waals surface area contributed by atoms with Gasteiger partial charge in [0, 0.05) is 30.9 Å². The second-order valence-corrected chi connectivity index (χ2v) is 6.32. The van der Waals surface area contributed by atoms with Gasteiger partial charge < -0.3 is 9.47 Å². The van der Waals surface area contributed by atoms with E-state index in [1.807, 2.05) is 49.4 Å². The summed E-state index contributed by atoms with van der Waals surface area (Å²) in [5.74, 6) is 0.615. The van der Waals surface area contributed by atoms with Crippen LogP contribution in [-0.4, -0.2) is 26.4 Å². The summed E-state index contributed by atoms with van der Waals surface area (Å²) >= 11 is 0. The van der Waals surface area contributed by atoms with Gasteiger partial charge in [0.15, 0.2) is 0 Å². The van der Waals surface area contributed by atoms with Crippen LogP contribution >= 0.6 is 0 Å². The molecule has 0 bridgehead atoms. The first-order valence-corrected chi connectivity index (χ1v) is 7.93. The van der Waals surface area contributed by atoms with Gasteiger partial charge in [-0.1, -0.05) is 26.0 Å². The van der Waals surface area contributed by atoms with Crippen LogP contribution in [0.4, 0.5) is 4.39 Å². The molecule has 124 valence electrons. The Hall–Kier alpha value is -2.17. The predicted molar refractivity (Wildman–Crippen MR) is 88.3 cm³/mol. The minimum Gasteiger partial charge on any atom is -0.333 e. The molecule has 1 aromatic carbocycles. The maximum absolute atomic E-state index is 13.3. The highest BCUT2D eigenvalue weighted by Gasteiger charge is 2.21. The molecule has 1 amide bonds. The summed E-state index contributed by atoms with van der Waals surface area (Å²) in [5.41, 5.74) is 0.871. The van der Waals surface area contributed by atoms with Gasteiger partial charge in [-0.2, -0.15) is 0 Å². The Labute approximate surface area is 136 Å². The molecule has 23 heavy (non-hydrogen) atoms. The average molecular weight is 317 g/mol. The molecule has 2 aromatic rings. The van der Waals surface area contributed by atoms with Crippen LogP contribution in [0.25, 0.3) is 0 Å². The van der Waals surface area contributed by atoms with Crippen molar-refractivity contribution in [2.45, 2.75) is 46.8 Å². The molecule has 0 fully saturated rings. The van der Waals surface area contributed by atoms with Crippen LogP contribution < -0.4 is 0 Å². The zero-order chi connectivity index (χ0) is 17.0. The fourth-order valence-corrected chi connectivity index (χ4v) is 2.47. The van der Waals surface area contributed by atoms with E-state index in [4.69, 9.17) is 0 Å². The van der Waals surface area contributed by atoms with Gasteiger partial charge in [-0.3, -0.25) is 4.79 Å². The number of carbonyl (C=O) groups is 1. The van der Waals surface area contributed by atoms with Crippen LogP contribution in [0, 0.1) is 11.7 Å². The molecule has 0 saturated carbocycles. The molecule has 0 unspecified atom stereocenters. The van der Waals surface area contributed by atoms with E-state index in [1.54, 1.807) is 12.3 Å². The number of benzene rings is 1. The molecule has 0 radical (unpaired) electrons. The minimum absolute atomic E-state index is 0.0518. The molecule has 1 aromatic heterocycles. The van der Waals surface area contributed by atoms with Gasteiger partial charge in [-0.25, -0.2) is 9.37 Å². The Morgan fingerprint density at radius 1 is 1.30 bits per heavy atom. The molecular formula is C18H24FN3O. The topological polar surface area (TPSA) is 38.1 Å². The molecule has 2 rings (SSSR count). The lowest BCUT2D eigenvalue weighted by Crippen LogP contribution is -2.39. The largest absolute Gasteiger partial charge is 0.333 e. The van der Waals surface area contributed by atoms with Crippen LogP contribution in [0.5, 0.6) is 0 Å². The maximum atomic E-state index is 13.3. The Balaban J connectivity index is 2.18. The summed E-state index contributed by atoms with van der Waals surface area (Å²) in [4.78, 5) is 18.6. The molecule has 0 aliphatic carbocycles. The molecule has 1 heterocycles. The van der Waals surface area contributed by atoms with Crippen LogP contribution in [0.3, 0.4) is 0 Å². The fraction of sp³-hybridized carbons (Fsp3) is 0.444. The lowest BCUT2D eigenvalue weighted by atomic mass is 10.1. The number of imidazole rings is 1. The van der Waals surface area contributed by atoms with Crippen molar-refractivity contribution in [2.75, 3.05) is 0 Å². The van der Waals surface area contributed by atoms with Gasteiger partial charge >= 0.3 is 0 Å². The average Bonchev–Trinajstić information content (AvgIpc) is 2.90. The van der Waals surface area contributed by atoms with Crippen molar-refractivity contribution in [1.29, 1.82) is 0 Å². The van der Waals surface area contributed by atoms with Gasteiger partial charge in [0.1, 0.15) is 11.6 Å². The normalized spacial score (nSPS) is 11.3. The Bertz CT molecular complexity index is 664. The van der Waals surface area contributed by atoms with Crippen molar-refractivity contribution in [3.63, 3.8) is 0 Å². The number of amides is 1. The smallest absolute Gasteiger partial charge is 0.225 e. The quantitative estimate of drug-likeness (QED) is 0.818. The lowest BCUT2D eigenvalue weighted by Gasteiger charge is -2.28. The van der Waals surface area contributed by atoms with Gasteiger partial charge in [-0.15, -0.1) is 0 Å². The van der Waals surface area contributed by atoms with Crippen molar-refractivity contribution < 1.29 is 9.18 Å². The summed E-state index contributed by atoms with van der Waals surface area (Å²) in [6, 6.07) is 6.63. The molecule has 0 aliphatic heterocycles.